The van der Waals surface area contributed by atoms with Crippen molar-refractivity contribution in [1.82, 2.24) is 19.7 Å². The van der Waals surface area contributed by atoms with Crippen LogP contribution in [0, 0.1) is 6.92 Å². The first-order valence-corrected chi connectivity index (χ1v) is 7.40. The molecule has 0 saturated heterocycles. The molecule has 2 N–H and O–H groups in total. The zero-order valence-electron chi connectivity index (χ0n) is 12.9. The zero-order chi connectivity index (χ0) is 15.7. The van der Waals surface area contributed by atoms with Gasteiger partial charge in [0.05, 0.1) is 23.3 Å². The van der Waals surface area contributed by atoms with E-state index in [0.29, 0.717) is 16.9 Å². The monoisotopic (exact) mass is 297 g/mol. The third kappa shape index (κ3) is 2.47. The Morgan fingerprint density at radius 1 is 1.41 bits per heavy atom. The Hall–Kier alpha value is -2.63. The molecule has 6 heteroatoms. The Morgan fingerprint density at radius 3 is 3.00 bits per heavy atom. The van der Waals surface area contributed by atoms with E-state index in [0.717, 1.165) is 17.8 Å². The number of fused-ring (bicyclic) bond motifs is 1. The molecule has 3 aromatic rings. The van der Waals surface area contributed by atoms with E-state index in [1.165, 1.54) is 0 Å². The summed E-state index contributed by atoms with van der Waals surface area (Å²) in [5.74, 6) is 1.31. The van der Waals surface area contributed by atoms with Gasteiger partial charge in [0.15, 0.2) is 0 Å². The second kappa shape index (κ2) is 5.63. The third-order valence-electron chi connectivity index (χ3n) is 3.80. The highest BCUT2D eigenvalue weighted by Gasteiger charge is 2.16. The quantitative estimate of drug-likeness (QED) is 0.776. The fraction of sp³-hybridized carbons (Fsp3) is 0.312. The van der Waals surface area contributed by atoms with Crippen LogP contribution in [0.3, 0.4) is 0 Å². The summed E-state index contributed by atoms with van der Waals surface area (Å²) in [4.78, 5) is 20.1. The van der Waals surface area contributed by atoms with Gasteiger partial charge < -0.3 is 10.3 Å². The average Bonchev–Trinajstić information content (AvgIpc) is 3.11. The van der Waals surface area contributed by atoms with E-state index in [1.54, 1.807) is 18.3 Å². The summed E-state index contributed by atoms with van der Waals surface area (Å²) >= 11 is 0. The van der Waals surface area contributed by atoms with E-state index in [4.69, 9.17) is 0 Å². The molecule has 1 amide bonds. The van der Waals surface area contributed by atoms with Gasteiger partial charge >= 0.3 is 0 Å². The maximum atomic E-state index is 12.6. The zero-order valence-corrected chi connectivity index (χ0v) is 12.9. The van der Waals surface area contributed by atoms with Crippen LogP contribution in [-0.2, 0) is 0 Å². The van der Waals surface area contributed by atoms with Gasteiger partial charge in [-0.25, -0.2) is 9.67 Å². The molecule has 0 aliphatic rings. The van der Waals surface area contributed by atoms with Crippen molar-refractivity contribution in [2.24, 2.45) is 0 Å². The Bertz CT molecular complexity index is 817. The molecule has 2 heterocycles. The largest absolute Gasteiger partial charge is 0.342 e. The van der Waals surface area contributed by atoms with Crippen molar-refractivity contribution in [3.63, 3.8) is 0 Å². The van der Waals surface area contributed by atoms with Gasteiger partial charge in [-0.15, -0.1) is 0 Å². The lowest BCUT2D eigenvalue weighted by Gasteiger charge is -2.14. The van der Waals surface area contributed by atoms with Crippen molar-refractivity contribution in [3.05, 3.63) is 41.9 Å². The Kier molecular flexibility index (Phi) is 3.66. The van der Waals surface area contributed by atoms with Crippen LogP contribution in [0.4, 0.5) is 5.82 Å². The lowest BCUT2D eigenvalue weighted by molar-refractivity contribution is 0.102. The minimum absolute atomic E-state index is 0.179. The molecule has 1 atom stereocenters. The molecule has 1 unspecified atom stereocenters. The van der Waals surface area contributed by atoms with E-state index in [1.807, 2.05) is 23.7 Å². The van der Waals surface area contributed by atoms with Crippen LogP contribution in [0.5, 0.6) is 0 Å². The van der Waals surface area contributed by atoms with Crippen LogP contribution >= 0.6 is 0 Å². The highest BCUT2D eigenvalue weighted by atomic mass is 16.1. The van der Waals surface area contributed by atoms with Gasteiger partial charge in [0, 0.05) is 6.07 Å². The second-order valence-corrected chi connectivity index (χ2v) is 5.40. The van der Waals surface area contributed by atoms with Crippen LogP contribution in [0.2, 0.25) is 0 Å². The van der Waals surface area contributed by atoms with Crippen LogP contribution < -0.4 is 5.32 Å². The number of anilines is 1. The van der Waals surface area contributed by atoms with Crippen molar-refractivity contribution < 1.29 is 4.79 Å². The molecule has 2 aromatic heterocycles. The van der Waals surface area contributed by atoms with Crippen molar-refractivity contribution in [1.29, 1.82) is 0 Å². The molecule has 0 aliphatic carbocycles. The van der Waals surface area contributed by atoms with Gasteiger partial charge in [-0.05, 0) is 32.4 Å². The fourth-order valence-corrected chi connectivity index (χ4v) is 2.46. The van der Waals surface area contributed by atoms with Crippen molar-refractivity contribution in [3.8, 4) is 0 Å². The van der Waals surface area contributed by atoms with E-state index >= 15 is 0 Å². The molecule has 0 bridgehead atoms. The van der Waals surface area contributed by atoms with E-state index < -0.39 is 0 Å². The number of amides is 1. The number of rotatable bonds is 4. The minimum atomic E-state index is -0.179. The van der Waals surface area contributed by atoms with Gasteiger partial charge in [0.25, 0.3) is 5.91 Å². The van der Waals surface area contributed by atoms with Crippen molar-refractivity contribution in [2.75, 3.05) is 5.32 Å². The van der Waals surface area contributed by atoms with Gasteiger partial charge in [-0.3, -0.25) is 4.79 Å². The number of carbonyl (C=O) groups is 1. The number of aryl methyl sites for hydroxylation is 1. The average molecular weight is 297 g/mol. The molecule has 0 aliphatic heterocycles. The highest BCUT2D eigenvalue weighted by molar-refractivity contribution is 6.11. The van der Waals surface area contributed by atoms with Crippen molar-refractivity contribution >= 4 is 22.8 Å². The topological polar surface area (TPSA) is 75.6 Å². The molecule has 114 valence electrons. The number of aromatic nitrogens is 4. The number of nitrogens with one attached hydrogen (secondary N) is 2. The molecular formula is C16H19N5O. The molecule has 0 fully saturated rings. The first-order valence-electron chi connectivity index (χ1n) is 7.40. The summed E-state index contributed by atoms with van der Waals surface area (Å²) in [5.41, 5.74) is 2.10. The summed E-state index contributed by atoms with van der Waals surface area (Å²) in [5, 5.41) is 7.21. The Morgan fingerprint density at radius 2 is 2.23 bits per heavy atom. The molecule has 0 saturated carbocycles. The van der Waals surface area contributed by atoms with Crippen LogP contribution in [-0.4, -0.2) is 25.7 Å². The lowest BCUT2D eigenvalue weighted by atomic mass is 10.1. The number of para-hydroxylation sites is 1. The number of hydrogen-bond acceptors (Lipinski definition) is 3. The number of hydrogen-bond donors (Lipinski definition) is 2. The highest BCUT2D eigenvalue weighted by Crippen LogP contribution is 2.20. The van der Waals surface area contributed by atoms with Crippen molar-refractivity contribution in [2.45, 2.75) is 33.2 Å². The standard InChI is InChI=1S/C16H19N5O/c1-4-10(2)21-14(8-9-17-21)20-16(22)12-6-5-7-13-15(12)19-11(3)18-13/h5-10H,4H2,1-3H3,(H,18,19)(H,20,22). The number of imidazole rings is 1. The fourth-order valence-electron chi connectivity index (χ4n) is 2.46. The summed E-state index contributed by atoms with van der Waals surface area (Å²) in [6.07, 6.45) is 2.64. The van der Waals surface area contributed by atoms with E-state index in [-0.39, 0.29) is 11.9 Å². The SMILES string of the molecule is CCC(C)n1nccc1NC(=O)c1cccc2[nH]c(C)nc12. The Labute approximate surface area is 128 Å². The summed E-state index contributed by atoms with van der Waals surface area (Å²) in [7, 11) is 0. The predicted molar refractivity (Wildman–Crippen MR) is 86.0 cm³/mol. The third-order valence-corrected chi connectivity index (χ3v) is 3.80. The minimum Gasteiger partial charge on any atom is -0.342 e. The summed E-state index contributed by atoms with van der Waals surface area (Å²) in [6, 6.07) is 7.58. The lowest BCUT2D eigenvalue weighted by Crippen LogP contribution is -2.17. The molecule has 22 heavy (non-hydrogen) atoms. The number of H-pyrrole nitrogens is 1. The second-order valence-electron chi connectivity index (χ2n) is 5.40. The molecule has 1 aromatic carbocycles. The van der Waals surface area contributed by atoms with Gasteiger partial charge in [0.1, 0.15) is 17.2 Å². The molecular weight excluding hydrogens is 278 g/mol. The normalized spacial score (nSPS) is 12.5. The Balaban J connectivity index is 1.93. The van der Waals surface area contributed by atoms with Crippen LogP contribution in [0.1, 0.15) is 42.5 Å². The summed E-state index contributed by atoms with van der Waals surface area (Å²) < 4.78 is 1.83. The number of benzene rings is 1. The van der Waals surface area contributed by atoms with Gasteiger partial charge in [-0.2, -0.15) is 5.10 Å². The first kappa shape index (κ1) is 14.3. The predicted octanol–water partition coefficient (Wildman–Crippen LogP) is 3.29. The molecule has 6 nitrogen and oxygen atoms in total. The molecule has 0 radical (unpaired) electrons. The maximum Gasteiger partial charge on any atom is 0.259 e. The summed E-state index contributed by atoms with van der Waals surface area (Å²) in [6.45, 7) is 6.03. The van der Waals surface area contributed by atoms with Crippen LogP contribution in [0.25, 0.3) is 11.0 Å². The number of aromatic amines is 1. The number of carbonyl (C=O) groups excluding carboxylic acids is 1. The van der Waals surface area contributed by atoms with Crippen LogP contribution in [0.15, 0.2) is 30.5 Å². The number of nitrogens with zero attached hydrogens (tertiary/aromatic N) is 3. The van der Waals surface area contributed by atoms with Gasteiger partial charge in [-0.1, -0.05) is 13.0 Å². The molecule has 0 spiro atoms. The van der Waals surface area contributed by atoms with E-state index in [2.05, 4.69) is 34.2 Å². The first-order chi connectivity index (χ1) is 10.6. The molecule has 3 rings (SSSR count). The smallest absolute Gasteiger partial charge is 0.259 e. The van der Waals surface area contributed by atoms with E-state index in [9.17, 15) is 4.79 Å². The maximum absolute atomic E-state index is 12.6. The van der Waals surface area contributed by atoms with Gasteiger partial charge in [0.2, 0.25) is 0 Å².